The van der Waals surface area contributed by atoms with Crippen LogP contribution in [0.2, 0.25) is 0 Å². The molecule has 1 amide bonds. The van der Waals surface area contributed by atoms with E-state index in [-0.39, 0.29) is 11.8 Å². The zero-order valence-electron chi connectivity index (χ0n) is 13.3. The standard InChI is InChI=1S/C19H23N3O/c23-19(20-17-12-16(21-22-17)13-10-11-13)18(15-8-4-5-9-15)14-6-2-1-3-7-14/h1-3,6-7,12-13,15,18H,4-5,8-11H2,(H2,20,21,22,23). The summed E-state index contributed by atoms with van der Waals surface area (Å²) in [6, 6.07) is 12.2. The molecule has 0 saturated heterocycles. The molecule has 2 saturated carbocycles. The SMILES string of the molecule is O=C(Nc1cc(C2CC2)[nH]n1)C(c1ccccc1)C1CCCC1. The number of H-pyrrole nitrogens is 1. The van der Waals surface area contributed by atoms with Crippen LogP contribution in [0.3, 0.4) is 0 Å². The molecule has 23 heavy (non-hydrogen) atoms. The summed E-state index contributed by atoms with van der Waals surface area (Å²) in [5.74, 6) is 1.74. The van der Waals surface area contributed by atoms with E-state index in [0.717, 1.165) is 24.1 Å². The summed E-state index contributed by atoms with van der Waals surface area (Å²) in [7, 11) is 0. The maximum atomic E-state index is 12.9. The van der Waals surface area contributed by atoms with Crippen molar-refractivity contribution < 1.29 is 4.79 Å². The molecule has 2 aliphatic carbocycles. The minimum atomic E-state index is -0.0697. The van der Waals surface area contributed by atoms with E-state index in [1.165, 1.54) is 25.7 Å². The molecule has 2 aliphatic rings. The van der Waals surface area contributed by atoms with Gasteiger partial charge in [0.25, 0.3) is 0 Å². The predicted molar refractivity (Wildman–Crippen MR) is 90.3 cm³/mol. The maximum Gasteiger partial charge on any atom is 0.233 e. The van der Waals surface area contributed by atoms with Gasteiger partial charge >= 0.3 is 0 Å². The first-order valence-electron chi connectivity index (χ1n) is 8.72. The van der Waals surface area contributed by atoms with Gasteiger partial charge in [-0.25, -0.2) is 0 Å². The van der Waals surface area contributed by atoms with Gasteiger partial charge in [-0.15, -0.1) is 0 Å². The molecular formula is C19H23N3O. The predicted octanol–water partition coefficient (Wildman–Crippen LogP) is 4.20. The Labute approximate surface area is 136 Å². The molecule has 1 atom stereocenters. The lowest BCUT2D eigenvalue weighted by Gasteiger charge is -2.22. The van der Waals surface area contributed by atoms with Crippen molar-refractivity contribution in [2.45, 2.75) is 50.4 Å². The number of benzene rings is 1. The third kappa shape index (κ3) is 3.16. The van der Waals surface area contributed by atoms with Crippen molar-refractivity contribution in [3.8, 4) is 0 Å². The fourth-order valence-corrected chi connectivity index (χ4v) is 3.80. The monoisotopic (exact) mass is 309 g/mol. The fourth-order valence-electron chi connectivity index (χ4n) is 3.80. The number of nitrogens with one attached hydrogen (secondary N) is 2. The van der Waals surface area contributed by atoms with Crippen molar-refractivity contribution in [3.63, 3.8) is 0 Å². The molecule has 2 fully saturated rings. The number of carbonyl (C=O) groups excluding carboxylic acids is 1. The number of nitrogens with zero attached hydrogens (tertiary/aromatic N) is 1. The Morgan fingerprint density at radius 2 is 1.87 bits per heavy atom. The van der Waals surface area contributed by atoms with Gasteiger partial charge < -0.3 is 5.32 Å². The lowest BCUT2D eigenvalue weighted by Crippen LogP contribution is -2.26. The van der Waals surface area contributed by atoms with Gasteiger partial charge in [0.05, 0.1) is 5.92 Å². The number of rotatable bonds is 5. The number of hydrogen-bond acceptors (Lipinski definition) is 2. The Bertz CT molecular complexity index is 669. The lowest BCUT2D eigenvalue weighted by molar-refractivity contribution is -0.118. The number of anilines is 1. The molecule has 0 spiro atoms. The van der Waals surface area contributed by atoms with Gasteiger partial charge in [0.15, 0.2) is 5.82 Å². The summed E-state index contributed by atoms with van der Waals surface area (Å²) in [6.07, 6.45) is 7.20. The minimum absolute atomic E-state index is 0.0697. The van der Waals surface area contributed by atoms with E-state index < -0.39 is 0 Å². The van der Waals surface area contributed by atoms with Crippen molar-refractivity contribution in [2.24, 2.45) is 5.92 Å². The number of hydrogen-bond donors (Lipinski definition) is 2. The Balaban J connectivity index is 1.53. The highest BCUT2D eigenvalue weighted by molar-refractivity contribution is 5.95. The highest BCUT2D eigenvalue weighted by atomic mass is 16.2. The summed E-state index contributed by atoms with van der Waals surface area (Å²) < 4.78 is 0. The van der Waals surface area contributed by atoms with Crippen molar-refractivity contribution in [3.05, 3.63) is 47.7 Å². The summed E-state index contributed by atoms with van der Waals surface area (Å²) >= 11 is 0. The Morgan fingerprint density at radius 3 is 2.57 bits per heavy atom. The van der Waals surface area contributed by atoms with E-state index >= 15 is 0 Å². The van der Waals surface area contributed by atoms with E-state index in [4.69, 9.17) is 0 Å². The maximum absolute atomic E-state index is 12.9. The third-order valence-corrected chi connectivity index (χ3v) is 5.18. The van der Waals surface area contributed by atoms with Crippen LogP contribution in [0.25, 0.3) is 0 Å². The van der Waals surface area contributed by atoms with Crippen LogP contribution in [0.5, 0.6) is 0 Å². The van der Waals surface area contributed by atoms with Crippen LogP contribution in [-0.4, -0.2) is 16.1 Å². The van der Waals surface area contributed by atoms with Gasteiger partial charge in [-0.3, -0.25) is 9.89 Å². The quantitative estimate of drug-likeness (QED) is 0.869. The van der Waals surface area contributed by atoms with Crippen LogP contribution in [0, 0.1) is 5.92 Å². The number of carbonyl (C=O) groups is 1. The largest absolute Gasteiger partial charge is 0.309 e. The summed E-state index contributed by atoms with van der Waals surface area (Å²) in [5.41, 5.74) is 2.27. The molecule has 0 aliphatic heterocycles. The molecule has 4 nitrogen and oxygen atoms in total. The summed E-state index contributed by atoms with van der Waals surface area (Å²) in [6.45, 7) is 0. The van der Waals surface area contributed by atoms with Crippen LogP contribution in [-0.2, 0) is 4.79 Å². The topological polar surface area (TPSA) is 57.8 Å². The minimum Gasteiger partial charge on any atom is -0.309 e. The molecule has 2 N–H and O–H groups in total. The van der Waals surface area contributed by atoms with Crippen molar-refractivity contribution >= 4 is 11.7 Å². The van der Waals surface area contributed by atoms with Gasteiger partial charge in [-0.05, 0) is 37.2 Å². The van der Waals surface area contributed by atoms with Crippen molar-refractivity contribution in [2.75, 3.05) is 5.32 Å². The molecule has 4 heteroatoms. The van der Waals surface area contributed by atoms with Gasteiger partial charge in [0.2, 0.25) is 5.91 Å². The van der Waals surface area contributed by atoms with E-state index in [1.54, 1.807) is 0 Å². The third-order valence-electron chi connectivity index (χ3n) is 5.18. The zero-order chi connectivity index (χ0) is 15.6. The summed E-state index contributed by atoms with van der Waals surface area (Å²) in [4.78, 5) is 12.9. The average Bonchev–Trinajstić information content (AvgIpc) is 3.08. The molecule has 0 bridgehead atoms. The van der Waals surface area contributed by atoms with Gasteiger partial charge in [-0.1, -0.05) is 43.2 Å². The first-order chi connectivity index (χ1) is 11.3. The van der Waals surface area contributed by atoms with Gasteiger partial charge in [0.1, 0.15) is 0 Å². The number of amides is 1. The van der Waals surface area contributed by atoms with Crippen molar-refractivity contribution in [1.82, 2.24) is 10.2 Å². The number of aromatic nitrogens is 2. The van der Waals surface area contributed by atoms with E-state index in [0.29, 0.717) is 17.7 Å². The second-order valence-corrected chi connectivity index (χ2v) is 6.90. The Morgan fingerprint density at radius 1 is 1.13 bits per heavy atom. The fraction of sp³-hybridized carbons (Fsp3) is 0.474. The molecule has 1 aromatic carbocycles. The second-order valence-electron chi connectivity index (χ2n) is 6.90. The molecule has 0 radical (unpaired) electrons. The average molecular weight is 309 g/mol. The first-order valence-corrected chi connectivity index (χ1v) is 8.72. The molecule has 1 heterocycles. The number of aromatic amines is 1. The van der Waals surface area contributed by atoms with Crippen LogP contribution in [0.15, 0.2) is 36.4 Å². The van der Waals surface area contributed by atoms with Crippen LogP contribution in [0.4, 0.5) is 5.82 Å². The highest BCUT2D eigenvalue weighted by Gasteiger charge is 2.32. The van der Waals surface area contributed by atoms with Gasteiger partial charge in [-0.2, -0.15) is 5.10 Å². The second kappa shape index (κ2) is 6.19. The normalized spacial score (nSPS) is 19.7. The van der Waals surface area contributed by atoms with E-state index in [1.807, 2.05) is 24.3 Å². The smallest absolute Gasteiger partial charge is 0.233 e. The zero-order valence-corrected chi connectivity index (χ0v) is 13.3. The van der Waals surface area contributed by atoms with Crippen molar-refractivity contribution in [1.29, 1.82) is 0 Å². The molecule has 1 aromatic heterocycles. The molecule has 4 rings (SSSR count). The molecule has 2 aromatic rings. The summed E-state index contributed by atoms with van der Waals surface area (Å²) in [5, 5.41) is 10.4. The molecular weight excluding hydrogens is 286 g/mol. The van der Waals surface area contributed by atoms with Gasteiger partial charge in [0, 0.05) is 17.7 Å². The van der Waals surface area contributed by atoms with E-state index in [9.17, 15) is 4.79 Å². The molecule has 120 valence electrons. The highest BCUT2D eigenvalue weighted by Crippen LogP contribution is 2.40. The molecule has 1 unspecified atom stereocenters. The first kappa shape index (κ1) is 14.5. The van der Waals surface area contributed by atoms with Crippen LogP contribution < -0.4 is 5.32 Å². The Hall–Kier alpha value is -2.10. The van der Waals surface area contributed by atoms with Crippen LogP contribution >= 0.6 is 0 Å². The van der Waals surface area contributed by atoms with E-state index in [2.05, 4.69) is 27.6 Å². The van der Waals surface area contributed by atoms with Crippen LogP contribution in [0.1, 0.15) is 61.6 Å². The Kier molecular flexibility index (Phi) is 3.90. The lowest BCUT2D eigenvalue weighted by atomic mass is 9.84.